The van der Waals surface area contributed by atoms with Crippen LogP contribution < -0.4 is 9.80 Å². The number of benzene rings is 10. The summed E-state index contributed by atoms with van der Waals surface area (Å²) < 4.78 is 7.77. The van der Waals surface area contributed by atoms with Crippen molar-refractivity contribution in [3.8, 4) is 22.3 Å². The Morgan fingerprint density at radius 3 is 1.11 bits per heavy atom. The van der Waals surface area contributed by atoms with E-state index in [0.717, 1.165) is 34.1 Å². The summed E-state index contributed by atoms with van der Waals surface area (Å²) in [5.41, 5.74) is 11.6. The molecule has 0 aliphatic rings. The van der Waals surface area contributed by atoms with Gasteiger partial charge in [0, 0.05) is 106 Å². The zero-order valence-electron chi connectivity index (χ0n) is 35.1. The number of nitrogens with zero attached hydrogens (tertiary/aromatic N) is 2. The van der Waals surface area contributed by atoms with E-state index in [2.05, 4.69) is 240 Å². The van der Waals surface area contributed by atoms with Crippen molar-refractivity contribution in [3.63, 3.8) is 0 Å². The van der Waals surface area contributed by atoms with Crippen LogP contribution in [-0.4, -0.2) is 0 Å². The Bertz CT molecular complexity index is 3860. The fourth-order valence-corrected chi connectivity index (χ4v) is 13.2. The third-order valence-electron chi connectivity index (χ3n) is 12.6. The highest BCUT2D eigenvalue weighted by atomic mass is 32.1. The fraction of sp³-hybridized carbons (Fsp3) is 0. The molecule has 0 N–H and O–H groups in total. The van der Waals surface area contributed by atoms with E-state index in [0.29, 0.717) is 0 Å². The molecule has 306 valence electrons. The highest BCUT2D eigenvalue weighted by Gasteiger charge is 2.22. The molecule has 3 aromatic heterocycles. The molecule has 0 amide bonds. The molecule has 0 saturated heterocycles. The Morgan fingerprint density at radius 1 is 0.231 bits per heavy atom. The van der Waals surface area contributed by atoms with Gasteiger partial charge in [0.1, 0.15) is 0 Å². The molecule has 2 nitrogen and oxygen atoms in total. The summed E-state index contributed by atoms with van der Waals surface area (Å²) >= 11 is 5.63. The summed E-state index contributed by atoms with van der Waals surface area (Å²) in [6.45, 7) is 0. The molecule has 0 atom stereocenters. The van der Waals surface area contributed by atoms with Gasteiger partial charge in [0.15, 0.2) is 0 Å². The standard InChI is InChI=1S/C60H38N2S3/c1-4-19-41(20-5-1)61(42-21-6-2-7-22-42)45-35-50(59-53(37-45)48-26-11-14-29-56(48)64-59)39-17-16-18-40(33-39)51-36-46(38-54-49-27-12-15-30-57(49)65-60(51)54)62(43-23-8-3-9-24-43)44-31-32-58-52(34-44)47-25-10-13-28-55(47)63-58/h1-38H. The van der Waals surface area contributed by atoms with E-state index >= 15 is 0 Å². The summed E-state index contributed by atoms with van der Waals surface area (Å²) in [6, 6.07) is 84.7. The number of thiophene rings is 3. The number of para-hydroxylation sites is 3. The van der Waals surface area contributed by atoms with E-state index in [9.17, 15) is 0 Å². The first-order valence-electron chi connectivity index (χ1n) is 21.9. The summed E-state index contributed by atoms with van der Waals surface area (Å²) in [7, 11) is 0. The molecule has 0 aliphatic carbocycles. The zero-order valence-corrected chi connectivity index (χ0v) is 37.5. The minimum atomic E-state index is 1.12. The van der Waals surface area contributed by atoms with Crippen LogP contribution in [0.15, 0.2) is 231 Å². The summed E-state index contributed by atoms with van der Waals surface area (Å²) in [5, 5.41) is 7.67. The molecular weight excluding hydrogens is 845 g/mol. The highest BCUT2D eigenvalue weighted by Crippen LogP contribution is 2.49. The second-order valence-corrected chi connectivity index (χ2v) is 19.7. The lowest BCUT2D eigenvalue weighted by molar-refractivity contribution is 1.29. The number of hydrogen-bond donors (Lipinski definition) is 0. The zero-order chi connectivity index (χ0) is 42.8. The van der Waals surface area contributed by atoms with E-state index in [4.69, 9.17) is 0 Å². The Balaban J connectivity index is 1.04. The molecule has 13 aromatic rings. The lowest BCUT2D eigenvalue weighted by atomic mass is 9.95. The van der Waals surface area contributed by atoms with Crippen LogP contribution in [0.5, 0.6) is 0 Å². The van der Waals surface area contributed by atoms with E-state index in [1.165, 1.54) is 82.8 Å². The van der Waals surface area contributed by atoms with Crippen LogP contribution in [0, 0.1) is 0 Å². The lowest BCUT2D eigenvalue weighted by Gasteiger charge is -2.27. The van der Waals surface area contributed by atoms with Crippen LogP contribution in [0.3, 0.4) is 0 Å². The molecule has 0 fully saturated rings. The molecule has 3 heterocycles. The molecule has 0 unspecified atom stereocenters. The van der Waals surface area contributed by atoms with Gasteiger partial charge in [-0.2, -0.15) is 0 Å². The molecule has 0 spiro atoms. The molecule has 65 heavy (non-hydrogen) atoms. The van der Waals surface area contributed by atoms with Crippen molar-refractivity contribution < 1.29 is 0 Å². The van der Waals surface area contributed by atoms with Gasteiger partial charge in [-0.15, -0.1) is 34.0 Å². The molecule has 0 bridgehead atoms. The van der Waals surface area contributed by atoms with Gasteiger partial charge < -0.3 is 9.80 Å². The molecule has 0 saturated carbocycles. The average Bonchev–Trinajstić information content (AvgIpc) is 4.06. The first-order chi connectivity index (χ1) is 32.2. The first kappa shape index (κ1) is 38.0. The summed E-state index contributed by atoms with van der Waals surface area (Å²) in [6.07, 6.45) is 0. The maximum absolute atomic E-state index is 2.44. The quantitative estimate of drug-likeness (QED) is 0.150. The van der Waals surface area contributed by atoms with Crippen molar-refractivity contribution in [2.24, 2.45) is 0 Å². The van der Waals surface area contributed by atoms with E-state index in [1.54, 1.807) is 0 Å². The van der Waals surface area contributed by atoms with Crippen LogP contribution in [-0.2, 0) is 0 Å². The van der Waals surface area contributed by atoms with Gasteiger partial charge in [-0.05, 0) is 114 Å². The SMILES string of the molecule is c1ccc(N(c2ccccc2)c2cc(-c3cccc(-c4cc(N(c5ccccc5)c5ccc6sc7ccccc7c6c5)cc5c4sc4ccccc45)c3)c3sc4ccccc4c3c2)cc1. The molecule has 10 aromatic carbocycles. The topological polar surface area (TPSA) is 6.48 Å². The Morgan fingerprint density at radius 2 is 0.615 bits per heavy atom. The predicted molar refractivity (Wildman–Crippen MR) is 285 cm³/mol. The number of hydrogen-bond acceptors (Lipinski definition) is 5. The largest absolute Gasteiger partial charge is 0.310 e. The van der Waals surface area contributed by atoms with E-state index in [-0.39, 0.29) is 0 Å². The first-order valence-corrected chi connectivity index (χ1v) is 24.3. The number of anilines is 6. The predicted octanol–water partition coefficient (Wildman–Crippen LogP) is 19.1. The Kier molecular flexibility index (Phi) is 9.12. The fourth-order valence-electron chi connectivity index (χ4n) is 9.64. The van der Waals surface area contributed by atoms with Crippen molar-refractivity contribution in [2.75, 3.05) is 9.80 Å². The van der Waals surface area contributed by atoms with Gasteiger partial charge in [-0.3, -0.25) is 0 Å². The van der Waals surface area contributed by atoms with Gasteiger partial charge >= 0.3 is 0 Å². The second-order valence-electron chi connectivity index (χ2n) is 16.5. The van der Waals surface area contributed by atoms with Crippen molar-refractivity contribution in [2.45, 2.75) is 0 Å². The van der Waals surface area contributed by atoms with Crippen LogP contribution in [0.4, 0.5) is 34.1 Å². The Hall–Kier alpha value is -7.54. The Labute approximate surface area is 388 Å². The average molecular weight is 883 g/mol. The third kappa shape index (κ3) is 6.50. The van der Waals surface area contributed by atoms with Crippen molar-refractivity contribution in [1.82, 2.24) is 0 Å². The summed E-state index contributed by atoms with van der Waals surface area (Å²) in [5.74, 6) is 0. The molecular formula is C60H38N2S3. The monoisotopic (exact) mass is 882 g/mol. The van der Waals surface area contributed by atoms with Crippen LogP contribution in [0.1, 0.15) is 0 Å². The van der Waals surface area contributed by atoms with Crippen molar-refractivity contribution in [1.29, 1.82) is 0 Å². The normalized spacial score (nSPS) is 11.7. The van der Waals surface area contributed by atoms with Gasteiger partial charge in [-0.25, -0.2) is 0 Å². The van der Waals surface area contributed by atoms with Crippen molar-refractivity contribution in [3.05, 3.63) is 231 Å². The smallest absolute Gasteiger partial charge is 0.0475 e. The van der Waals surface area contributed by atoms with Crippen molar-refractivity contribution >= 4 is 129 Å². The van der Waals surface area contributed by atoms with Gasteiger partial charge in [0.25, 0.3) is 0 Å². The van der Waals surface area contributed by atoms with Gasteiger partial charge in [0.05, 0.1) is 0 Å². The van der Waals surface area contributed by atoms with Crippen LogP contribution >= 0.6 is 34.0 Å². The minimum Gasteiger partial charge on any atom is -0.310 e. The highest BCUT2D eigenvalue weighted by molar-refractivity contribution is 7.27. The van der Waals surface area contributed by atoms with Crippen LogP contribution in [0.2, 0.25) is 0 Å². The van der Waals surface area contributed by atoms with E-state index in [1.807, 2.05) is 34.0 Å². The second kappa shape index (κ2) is 15.6. The molecule has 5 heteroatoms. The maximum atomic E-state index is 2.44. The van der Waals surface area contributed by atoms with Gasteiger partial charge in [-0.1, -0.05) is 127 Å². The van der Waals surface area contributed by atoms with Gasteiger partial charge in [0.2, 0.25) is 0 Å². The molecule has 0 radical (unpaired) electrons. The summed E-state index contributed by atoms with van der Waals surface area (Å²) in [4.78, 5) is 4.83. The number of fused-ring (bicyclic) bond motifs is 9. The van der Waals surface area contributed by atoms with Crippen LogP contribution in [0.25, 0.3) is 82.8 Å². The molecule has 13 rings (SSSR count). The molecule has 0 aliphatic heterocycles. The maximum Gasteiger partial charge on any atom is 0.0475 e. The van der Waals surface area contributed by atoms with E-state index < -0.39 is 0 Å². The third-order valence-corrected chi connectivity index (χ3v) is 16.2. The number of rotatable bonds is 8. The minimum absolute atomic E-state index is 1.12. The lowest BCUT2D eigenvalue weighted by Crippen LogP contribution is -2.10.